The van der Waals surface area contributed by atoms with E-state index < -0.39 is 11.7 Å². The van der Waals surface area contributed by atoms with Crippen LogP contribution in [0.25, 0.3) is 0 Å². The van der Waals surface area contributed by atoms with Crippen LogP contribution in [0.3, 0.4) is 0 Å². The van der Waals surface area contributed by atoms with Crippen LogP contribution in [0.15, 0.2) is 54.7 Å². The number of nitrogens with one attached hydrogen (secondary N) is 2. The molecular weight excluding hydrogens is 379 g/mol. The molecule has 0 spiro atoms. The predicted molar refractivity (Wildman–Crippen MR) is 98.0 cm³/mol. The summed E-state index contributed by atoms with van der Waals surface area (Å²) in [5.74, 6) is 0.319. The molecule has 9 heteroatoms. The lowest BCUT2D eigenvalue weighted by Crippen LogP contribution is -2.12. The van der Waals surface area contributed by atoms with Crippen LogP contribution in [-0.4, -0.2) is 15.2 Å². The number of halogens is 4. The van der Waals surface area contributed by atoms with Gasteiger partial charge in [-0.3, -0.25) is 0 Å². The summed E-state index contributed by atoms with van der Waals surface area (Å²) in [7, 11) is 0. The van der Waals surface area contributed by atoms with Crippen molar-refractivity contribution < 1.29 is 13.2 Å². The molecule has 27 heavy (non-hydrogen) atoms. The lowest BCUT2D eigenvalue weighted by molar-refractivity contribution is -0.136. The number of hydrogen-bond acceptors (Lipinski definition) is 5. The molecule has 0 aliphatic carbocycles. The fourth-order valence-electron chi connectivity index (χ4n) is 2.44. The number of nitrogens with zero attached hydrogens (tertiary/aromatic N) is 3. The zero-order valence-electron chi connectivity index (χ0n) is 14.1. The third-order valence-electron chi connectivity index (χ3n) is 3.75. The monoisotopic (exact) mass is 393 g/mol. The number of rotatable bonds is 5. The van der Waals surface area contributed by atoms with E-state index in [2.05, 4.69) is 25.8 Å². The van der Waals surface area contributed by atoms with Gasteiger partial charge in [0.05, 0.1) is 23.5 Å². The van der Waals surface area contributed by atoms with E-state index in [1.54, 1.807) is 0 Å². The summed E-state index contributed by atoms with van der Waals surface area (Å²) < 4.78 is 39.6. The normalized spacial score (nSPS) is 12.5. The Morgan fingerprint density at radius 2 is 1.81 bits per heavy atom. The highest BCUT2D eigenvalue weighted by atomic mass is 35.5. The Bertz CT molecular complexity index is 918. The smallest absolute Gasteiger partial charge is 0.346 e. The third-order valence-corrected chi connectivity index (χ3v) is 3.99. The van der Waals surface area contributed by atoms with Gasteiger partial charge in [0.15, 0.2) is 5.82 Å². The molecule has 1 heterocycles. The Balaban J connectivity index is 1.81. The summed E-state index contributed by atoms with van der Waals surface area (Å²) in [5, 5.41) is 13.4. The van der Waals surface area contributed by atoms with Crippen molar-refractivity contribution in [1.29, 1.82) is 0 Å². The van der Waals surface area contributed by atoms with Gasteiger partial charge in [0.2, 0.25) is 5.95 Å². The SMILES string of the molecule is CC(Nc1nncc(Nc2ccc(Cl)cc2C(F)(F)F)n1)c1ccccc1. The van der Waals surface area contributed by atoms with Gasteiger partial charge in [-0.1, -0.05) is 41.9 Å². The van der Waals surface area contributed by atoms with E-state index in [0.717, 1.165) is 11.6 Å². The van der Waals surface area contributed by atoms with Crippen LogP contribution in [0.5, 0.6) is 0 Å². The van der Waals surface area contributed by atoms with Crippen molar-refractivity contribution in [2.45, 2.75) is 19.1 Å². The first-order valence-electron chi connectivity index (χ1n) is 7.98. The van der Waals surface area contributed by atoms with Crippen LogP contribution in [0.2, 0.25) is 5.02 Å². The van der Waals surface area contributed by atoms with E-state index in [0.29, 0.717) is 0 Å². The Hall–Kier alpha value is -2.87. The van der Waals surface area contributed by atoms with Crippen molar-refractivity contribution in [1.82, 2.24) is 15.2 Å². The lowest BCUT2D eigenvalue weighted by atomic mass is 10.1. The average molecular weight is 394 g/mol. The second-order valence-electron chi connectivity index (χ2n) is 5.75. The highest BCUT2D eigenvalue weighted by Gasteiger charge is 2.34. The van der Waals surface area contributed by atoms with Crippen molar-refractivity contribution >= 4 is 29.1 Å². The van der Waals surface area contributed by atoms with Gasteiger partial charge in [0.1, 0.15) is 0 Å². The number of aromatic nitrogens is 3. The van der Waals surface area contributed by atoms with Crippen molar-refractivity contribution in [2.24, 2.45) is 0 Å². The second kappa shape index (κ2) is 7.79. The summed E-state index contributed by atoms with van der Waals surface area (Å²) in [6.07, 6.45) is -3.32. The van der Waals surface area contributed by atoms with Crippen LogP contribution in [0.1, 0.15) is 24.1 Å². The Labute approximate surface area is 158 Å². The van der Waals surface area contributed by atoms with E-state index in [4.69, 9.17) is 11.6 Å². The highest BCUT2D eigenvalue weighted by molar-refractivity contribution is 6.30. The second-order valence-corrected chi connectivity index (χ2v) is 6.19. The maximum Gasteiger partial charge on any atom is 0.418 e. The molecule has 0 fully saturated rings. The molecule has 0 amide bonds. The van der Waals surface area contributed by atoms with Crippen LogP contribution in [0, 0.1) is 0 Å². The molecule has 3 aromatic rings. The Morgan fingerprint density at radius 1 is 1.07 bits per heavy atom. The lowest BCUT2D eigenvalue weighted by Gasteiger charge is -2.16. The molecule has 3 rings (SSSR count). The van der Waals surface area contributed by atoms with E-state index in [1.807, 2.05) is 37.3 Å². The van der Waals surface area contributed by atoms with Crippen LogP contribution >= 0.6 is 11.6 Å². The molecule has 0 aliphatic rings. The van der Waals surface area contributed by atoms with Gasteiger partial charge in [0, 0.05) is 5.02 Å². The first-order chi connectivity index (χ1) is 12.8. The van der Waals surface area contributed by atoms with E-state index in [-0.39, 0.29) is 28.5 Å². The standard InChI is InChI=1S/C18H15ClF3N5/c1-11(12-5-3-2-4-6-12)24-17-26-16(10-23-27-17)25-15-8-7-13(19)9-14(15)18(20,21)22/h2-11H,1H3,(H2,24,25,26,27). The Kier molecular flexibility index (Phi) is 5.46. The first-order valence-corrected chi connectivity index (χ1v) is 8.36. The molecule has 1 aromatic heterocycles. The van der Waals surface area contributed by atoms with Gasteiger partial charge < -0.3 is 10.6 Å². The summed E-state index contributed by atoms with van der Waals surface area (Å²) in [4.78, 5) is 4.18. The summed E-state index contributed by atoms with van der Waals surface area (Å²) in [6.45, 7) is 1.92. The van der Waals surface area contributed by atoms with Gasteiger partial charge in [-0.25, -0.2) is 0 Å². The van der Waals surface area contributed by atoms with Gasteiger partial charge in [-0.05, 0) is 30.7 Å². The maximum absolute atomic E-state index is 13.2. The predicted octanol–water partition coefficient (Wildman–Crippen LogP) is 5.46. The van der Waals surface area contributed by atoms with Gasteiger partial charge in [-0.2, -0.15) is 23.3 Å². The third kappa shape index (κ3) is 4.85. The zero-order valence-corrected chi connectivity index (χ0v) is 14.9. The molecule has 2 aromatic carbocycles. The van der Waals surface area contributed by atoms with Crippen molar-refractivity contribution in [3.63, 3.8) is 0 Å². The summed E-state index contributed by atoms with van der Waals surface area (Å²) in [5.41, 5.74) is -0.0493. The number of hydrogen-bond donors (Lipinski definition) is 2. The molecule has 0 bridgehead atoms. The largest absolute Gasteiger partial charge is 0.418 e. The van der Waals surface area contributed by atoms with Crippen molar-refractivity contribution in [2.75, 3.05) is 10.6 Å². The quantitative estimate of drug-likeness (QED) is 0.602. The van der Waals surface area contributed by atoms with E-state index >= 15 is 0 Å². The highest BCUT2D eigenvalue weighted by Crippen LogP contribution is 2.37. The molecule has 0 saturated heterocycles. The minimum atomic E-state index is -4.56. The number of alkyl halides is 3. The van der Waals surface area contributed by atoms with Crippen LogP contribution < -0.4 is 10.6 Å². The number of benzene rings is 2. The van der Waals surface area contributed by atoms with E-state index in [1.165, 1.54) is 18.3 Å². The molecule has 140 valence electrons. The maximum atomic E-state index is 13.2. The van der Waals surface area contributed by atoms with Gasteiger partial charge in [0.25, 0.3) is 0 Å². The van der Waals surface area contributed by atoms with E-state index in [9.17, 15) is 13.2 Å². The summed E-state index contributed by atoms with van der Waals surface area (Å²) in [6, 6.07) is 13.0. The number of anilines is 3. The van der Waals surface area contributed by atoms with Crippen LogP contribution in [-0.2, 0) is 6.18 Å². The molecule has 0 saturated carbocycles. The molecule has 5 nitrogen and oxygen atoms in total. The first kappa shape index (κ1) is 18.9. The van der Waals surface area contributed by atoms with Gasteiger partial charge in [-0.15, -0.1) is 5.10 Å². The molecule has 2 N–H and O–H groups in total. The minimum Gasteiger partial charge on any atom is -0.346 e. The summed E-state index contributed by atoms with van der Waals surface area (Å²) >= 11 is 5.69. The van der Waals surface area contributed by atoms with Gasteiger partial charge >= 0.3 is 6.18 Å². The van der Waals surface area contributed by atoms with Crippen molar-refractivity contribution in [3.8, 4) is 0 Å². The minimum absolute atomic E-state index is 0.00673. The fourth-order valence-corrected chi connectivity index (χ4v) is 2.61. The molecule has 1 unspecified atom stereocenters. The molecular formula is C18H15ClF3N5. The van der Waals surface area contributed by atoms with Crippen LogP contribution in [0.4, 0.5) is 30.6 Å². The molecule has 0 aliphatic heterocycles. The topological polar surface area (TPSA) is 62.7 Å². The Morgan fingerprint density at radius 3 is 2.52 bits per heavy atom. The molecule has 0 radical (unpaired) electrons. The average Bonchev–Trinajstić information content (AvgIpc) is 2.63. The van der Waals surface area contributed by atoms with Crippen molar-refractivity contribution in [3.05, 3.63) is 70.9 Å². The fraction of sp³-hybridized carbons (Fsp3) is 0.167. The molecule has 1 atom stereocenters. The zero-order chi connectivity index (χ0) is 19.4.